The first-order chi connectivity index (χ1) is 9.47. The Morgan fingerprint density at radius 2 is 1.90 bits per heavy atom. The first kappa shape index (κ1) is 15.3. The van der Waals surface area contributed by atoms with Gasteiger partial charge in [0.2, 0.25) is 5.91 Å². The van der Waals surface area contributed by atoms with Crippen molar-refractivity contribution in [1.29, 1.82) is 0 Å². The Morgan fingerprint density at radius 3 is 2.35 bits per heavy atom. The largest absolute Gasteiger partial charge is 0.480 e. The lowest BCUT2D eigenvalue weighted by molar-refractivity contribution is -0.152. The van der Waals surface area contributed by atoms with Crippen LogP contribution in [0.1, 0.15) is 58.8 Å². The lowest BCUT2D eigenvalue weighted by atomic mass is 9.75. The topological polar surface area (TPSA) is 75.6 Å². The molecule has 1 saturated heterocycles. The zero-order valence-electron chi connectivity index (χ0n) is 12.4. The van der Waals surface area contributed by atoms with E-state index in [2.05, 4.69) is 12.2 Å². The maximum absolute atomic E-state index is 12.2. The van der Waals surface area contributed by atoms with Crippen molar-refractivity contribution in [1.82, 2.24) is 5.32 Å². The Morgan fingerprint density at radius 1 is 1.25 bits per heavy atom. The molecule has 0 bridgehead atoms. The molecule has 2 aliphatic rings. The molecule has 2 atom stereocenters. The molecule has 0 radical (unpaired) electrons. The summed E-state index contributed by atoms with van der Waals surface area (Å²) in [6, 6.07) is 0. The van der Waals surface area contributed by atoms with Crippen LogP contribution in [-0.4, -0.2) is 34.7 Å². The monoisotopic (exact) mass is 283 g/mol. The first-order valence-corrected chi connectivity index (χ1v) is 7.67. The van der Waals surface area contributed by atoms with E-state index < -0.39 is 17.6 Å². The van der Waals surface area contributed by atoms with Crippen molar-refractivity contribution in [2.75, 3.05) is 0 Å². The van der Waals surface area contributed by atoms with Crippen molar-refractivity contribution in [3.05, 3.63) is 0 Å². The fourth-order valence-electron chi connectivity index (χ4n) is 3.28. The van der Waals surface area contributed by atoms with Crippen molar-refractivity contribution in [3.8, 4) is 0 Å². The number of carboxylic acid groups (broad SMARTS) is 1. The van der Waals surface area contributed by atoms with Gasteiger partial charge in [-0.3, -0.25) is 4.79 Å². The van der Waals surface area contributed by atoms with Crippen LogP contribution in [-0.2, 0) is 14.3 Å². The third-order valence-corrected chi connectivity index (χ3v) is 4.83. The van der Waals surface area contributed by atoms with Crippen LogP contribution in [0.25, 0.3) is 0 Å². The van der Waals surface area contributed by atoms with Gasteiger partial charge in [0.05, 0.1) is 6.10 Å². The van der Waals surface area contributed by atoms with Gasteiger partial charge in [-0.15, -0.1) is 0 Å². The zero-order chi connectivity index (χ0) is 14.8. The second kappa shape index (κ2) is 6.12. The maximum Gasteiger partial charge on any atom is 0.329 e. The van der Waals surface area contributed by atoms with E-state index in [4.69, 9.17) is 4.74 Å². The summed E-state index contributed by atoms with van der Waals surface area (Å²) in [7, 11) is 0. The van der Waals surface area contributed by atoms with E-state index in [-0.39, 0.29) is 12.0 Å². The number of ether oxygens (including phenoxy) is 1. The highest BCUT2D eigenvalue weighted by atomic mass is 16.5. The lowest BCUT2D eigenvalue weighted by Crippen LogP contribution is -2.58. The summed E-state index contributed by atoms with van der Waals surface area (Å²) >= 11 is 0. The van der Waals surface area contributed by atoms with Gasteiger partial charge in [-0.2, -0.15) is 0 Å². The molecule has 20 heavy (non-hydrogen) atoms. The minimum Gasteiger partial charge on any atom is -0.480 e. The fraction of sp³-hybridized carbons (Fsp3) is 0.867. The average Bonchev–Trinajstić information content (AvgIpc) is 2.86. The molecule has 114 valence electrons. The lowest BCUT2D eigenvalue weighted by Gasteiger charge is -2.37. The van der Waals surface area contributed by atoms with Gasteiger partial charge in [0.25, 0.3) is 0 Å². The summed E-state index contributed by atoms with van der Waals surface area (Å²) in [4.78, 5) is 23.9. The van der Waals surface area contributed by atoms with Gasteiger partial charge in [0, 0.05) is 0 Å². The molecule has 2 fully saturated rings. The molecule has 2 N–H and O–H groups in total. The molecular weight excluding hydrogens is 258 g/mol. The number of carboxylic acids is 1. The molecule has 2 unspecified atom stereocenters. The van der Waals surface area contributed by atoms with Gasteiger partial charge >= 0.3 is 5.97 Å². The summed E-state index contributed by atoms with van der Waals surface area (Å²) in [5.41, 5.74) is -1.09. The van der Waals surface area contributed by atoms with E-state index >= 15 is 0 Å². The van der Waals surface area contributed by atoms with Gasteiger partial charge in [-0.05, 0) is 51.4 Å². The van der Waals surface area contributed by atoms with E-state index in [1.165, 1.54) is 0 Å². The number of aliphatic carboxylic acids is 1. The predicted molar refractivity (Wildman–Crippen MR) is 74.3 cm³/mol. The van der Waals surface area contributed by atoms with Gasteiger partial charge in [-0.25, -0.2) is 4.79 Å². The van der Waals surface area contributed by atoms with Crippen LogP contribution in [0.3, 0.4) is 0 Å². The normalized spacial score (nSPS) is 37.6. The van der Waals surface area contributed by atoms with Crippen molar-refractivity contribution >= 4 is 11.9 Å². The van der Waals surface area contributed by atoms with Crippen LogP contribution < -0.4 is 5.32 Å². The summed E-state index contributed by atoms with van der Waals surface area (Å²) < 4.78 is 5.53. The molecule has 1 aliphatic carbocycles. The second-order valence-electron chi connectivity index (χ2n) is 6.24. The highest BCUT2D eigenvalue weighted by Crippen LogP contribution is 2.34. The highest BCUT2D eigenvalue weighted by molar-refractivity contribution is 5.89. The zero-order valence-corrected chi connectivity index (χ0v) is 12.4. The summed E-state index contributed by atoms with van der Waals surface area (Å²) in [6.07, 6.45) is 5.00. The first-order valence-electron chi connectivity index (χ1n) is 7.67. The summed E-state index contributed by atoms with van der Waals surface area (Å²) in [5.74, 6) is -0.583. The Bertz CT molecular complexity index is 374. The Labute approximate surface area is 120 Å². The van der Waals surface area contributed by atoms with Crippen LogP contribution in [0.2, 0.25) is 0 Å². The second-order valence-corrected chi connectivity index (χ2v) is 6.24. The molecule has 0 aromatic carbocycles. The molecule has 0 aromatic heterocycles. The summed E-state index contributed by atoms with van der Waals surface area (Å²) in [6.45, 7) is 4.07. The van der Waals surface area contributed by atoms with Crippen molar-refractivity contribution in [2.45, 2.75) is 76.5 Å². The molecule has 1 saturated carbocycles. The van der Waals surface area contributed by atoms with E-state index in [9.17, 15) is 14.7 Å². The molecule has 1 amide bonds. The number of nitrogens with one attached hydrogen (secondary N) is 1. The van der Waals surface area contributed by atoms with Crippen LogP contribution in [0.5, 0.6) is 0 Å². The van der Waals surface area contributed by atoms with Gasteiger partial charge in [-0.1, -0.05) is 13.3 Å². The number of carbonyl (C=O) groups excluding carboxylic acids is 1. The molecule has 2 rings (SSSR count). The standard InChI is InChI=1S/C15H25NO4/c1-3-11-6-8-15(9-7-11,14(18)19)16-13(17)12-5-4-10(2)20-12/h10-12H,3-9H2,1-2H3,(H,16,17)(H,18,19). The van der Waals surface area contributed by atoms with E-state index in [0.717, 1.165) is 25.7 Å². The minimum atomic E-state index is -1.09. The Balaban J connectivity index is 1.99. The quantitative estimate of drug-likeness (QED) is 0.828. The van der Waals surface area contributed by atoms with Crippen LogP contribution >= 0.6 is 0 Å². The SMILES string of the molecule is CCC1CCC(NC(=O)C2CCC(C)O2)(C(=O)O)CC1. The molecule has 1 aliphatic heterocycles. The molecule has 1 heterocycles. The van der Waals surface area contributed by atoms with Crippen molar-refractivity contribution in [2.24, 2.45) is 5.92 Å². The number of amides is 1. The number of hydrogen-bond donors (Lipinski definition) is 2. The molecular formula is C15H25NO4. The predicted octanol–water partition coefficient (Wildman–Crippen LogP) is 2.09. The minimum absolute atomic E-state index is 0.0855. The Kier molecular flexibility index (Phi) is 4.68. The number of carbonyl (C=O) groups is 2. The van der Waals surface area contributed by atoms with Crippen LogP contribution in [0.15, 0.2) is 0 Å². The third kappa shape index (κ3) is 3.14. The van der Waals surface area contributed by atoms with E-state index in [1.807, 2.05) is 6.92 Å². The molecule has 0 spiro atoms. The average molecular weight is 283 g/mol. The number of rotatable bonds is 4. The van der Waals surface area contributed by atoms with E-state index in [1.54, 1.807) is 0 Å². The van der Waals surface area contributed by atoms with Gasteiger partial charge in [0.1, 0.15) is 11.6 Å². The summed E-state index contributed by atoms with van der Waals surface area (Å²) in [5, 5.41) is 12.3. The van der Waals surface area contributed by atoms with Crippen LogP contribution in [0.4, 0.5) is 0 Å². The fourth-order valence-corrected chi connectivity index (χ4v) is 3.28. The smallest absolute Gasteiger partial charge is 0.329 e. The number of hydrogen-bond acceptors (Lipinski definition) is 3. The third-order valence-electron chi connectivity index (χ3n) is 4.83. The molecule has 5 heteroatoms. The highest BCUT2D eigenvalue weighted by Gasteiger charge is 2.44. The molecule has 0 aromatic rings. The molecule has 5 nitrogen and oxygen atoms in total. The van der Waals surface area contributed by atoms with E-state index in [0.29, 0.717) is 25.2 Å². The van der Waals surface area contributed by atoms with Gasteiger partial charge in [0.15, 0.2) is 0 Å². The van der Waals surface area contributed by atoms with Crippen molar-refractivity contribution in [3.63, 3.8) is 0 Å². The van der Waals surface area contributed by atoms with Gasteiger partial charge < -0.3 is 15.2 Å². The Hall–Kier alpha value is -1.10. The van der Waals surface area contributed by atoms with Crippen molar-refractivity contribution < 1.29 is 19.4 Å². The van der Waals surface area contributed by atoms with Crippen LogP contribution in [0, 0.1) is 5.92 Å². The maximum atomic E-state index is 12.2.